The fourth-order valence-electron chi connectivity index (χ4n) is 2.61. The van der Waals surface area contributed by atoms with Crippen molar-refractivity contribution in [1.82, 2.24) is 9.97 Å². The van der Waals surface area contributed by atoms with Crippen LogP contribution < -0.4 is 0 Å². The molecule has 0 saturated heterocycles. The second kappa shape index (κ2) is 8.63. The fraction of sp³-hybridized carbons (Fsp3) is 0.143. The molecule has 3 aromatic rings. The number of nitrogens with zero attached hydrogens (tertiary/aromatic N) is 2. The number of hydrogen-bond acceptors (Lipinski definition) is 6. The van der Waals surface area contributed by atoms with E-state index in [1.54, 1.807) is 43.3 Å². The number of benzene rings is 2. The smallest absolute Gasteiger partial charge is 0.359 e. The van der Waals surface area contributed by atoms with Crippen LogP contribution in [-0.4, -0.2) is 35.6 Å². The molecule has 0 aliphatic heterocycles. The highest BCUT2D eigenvalue weighted by atomic mass is 35.5. The number of esters is 2. The summed E-state index contributed by atoms with van der Waals surface area (Å²) in [6.07, 6.45) is 1.50. The molecule has 7 heteroatoms. The lowest BCUT2D eigenvalue weighted by molar-refractivity contribution is 0.0519. The molecule has 28 heavy (non-hydrogen) atoms. The van der Waals surface area contributed by atoms with Gasteiger partial charge in [-0.1, -0.05) is 35.9 Å². The number of carbonyl (C=O) groups excluding carboxylic acids is 2. The summed E-state index contributed by atoms with van der Waals surface area (Å²) in [6.45, 7) is 1.94. The van der Waals surface area contributed by atoms with Crippen LogP contribution in [0.2, 0.25) is 5.02 Å². The Bertz CT molecular complexity index is 1020. The van der Waals surface area contributed by atoms with Crippen LogP contribution in [0.5, 0.6) is 0 Å². The Morgan fingerprint density at radius 3 is 2.43 bits per heavy atom. The Morgan fingerprint density at radius 1 is 1.04 bits per heavy atom. The van der Waals surface area contributed by atoms with Crippen LogP contribution in [0.1, 0.15) is 27.8 Å². The van der Waals surface area contributed by atoms with Crippen LogP contribution >= 0.6 is 11.6 Å². The van der Waals surface area contributed by atoms with E-state index in [2.05, 4.69) is 9.97 Å². The summed E-state index contributed by atoms with van der Waals surface area (Å²) in [5, 5.41) is 0.567. The molecule has 0 spiro atoms. The van der Waals surface area contributed by atoms with Gasteiger partial charge in [-0.05, 0) is 31.2 Å². The van der Waals surface area contributed by atoms with Crippen LogP contribution in [0.15, 0.2) is 54.7 Å². The molecular formula is C21H17ClN2O4. The van der Waals surface area contributed by atoms with Crippen molar-refractivity contribution < 1.29 is 19.1 Å². The molecule has 2 aromatic carbocycles. The van der Waals surface area contributed by atoms with Gasteiger partial charge in [-0.15, -0.1) is 0 Å². The number of rotatable bonds is 5. The van der Waals surface area contributed by atoms with Gasteiger partial charge in [-0.3, -0.25) is 0 Å². The third-order valence-corrected chi connectivity index (χ3v) is 4.18. The average molecular weight is 397 g/mol. The third kappa shape index (κ3) is 4.18. The predicted molar refractivity (Wildman–Crippen MR) is 105 cm³/mol. The fourth-order valence-corrected chi connectivity index (χ4v) is 2.80. The maximum Gasteiger partial charge on any atom is 0.359 e. The average Bonchev–Trinajstić information content (AvgIpc) is 2.73. The van der Waals surface area contributed by atoms with Crippen molar-refractivity contribution in [1.29, 1.82) is 0 Å². The molecule has 0 aliphatic carbocycles. The molecule has 142 valence electrons. The number of aromatic nitrogens is 2. The largest absolute Gasteiger partial charge is 0.465 e. The van der Waals surface area contributed by atoms with E-state index < -0.39 is 11.9 Å². The van der Waals surface area contributed by atoms with Crippen molar-refractivity contribution in [3.63, 3.8) is 0 Å². The van der Waals surface area contributed by atoms with E-state index in [1.165, 1.54) is 13.3 Å². The van der Waals surface area contributed by atoms with E-state index in [0.29, 0.717) is 27.5 Å². The van der Waals surface area contributed by atoms with Crippen molar-refractivity contribution in [3.05, 3.63) is 71.0 Å². The Hall–Kier alpha value is -3.25. The summed E-state index contributed by atoms with van der Waals surface area (Å²) in [5.41, 5.74) is 2.78. The summed E-state index contributed by atoms with van der Waals surface area (Å²) in [7, 11) is 1.31. The van der Waals surface area contributed by atoms with Gasteiger partial charge in [0.25, 0.3) is 0 Å². The van der Waals surface area contributed by atoms with Crippen LogP contribution in [0.4, 0.5) is 0 Å². The first-order valence-corrected chi connectivity index (χ1v) is 8.90. The molecule has 0 fully saturated rings. The first-order valence-electron chi connectivity index (χ1n) is 8.52. The number of hydrogen-bond donors (Lipinski definition) is 0. The first-order chi connectivity index (χ1) is 13.5. The van der Waals surface area contributed by atoms with E-state index in [1.807, 2.05) is 12.1 Å². The first kappa shape index (κ1) is 19.5. The van der Waals surface area contributed by atoms with Gasteiger partial charge in [0.1, 0.15) is 5.69 Å². The lowest BCUT2D eigenvalue weighted by Gasteiger charge is -2.10. The highest BCUT2D eigenvalue weighted by Gasteiger charge is 2.19. The maximum atomic E-state index is 12.3. The van der Waals surface area contributed by atoms with Crippen LogP contribution in [0.3, 0.4) is 0 Å². The molecular weight excluding hydrogens is 380 g/mol. The lowest BCUT2D eigenvalue weighted by atomic mass is 10.1. The molecule has 0 unspecified atom stereocenters. The number of methoxy groups -OCH3 is 1. The van der Waals surface area contributed by atoms with Crippen LogP contribution in [0, 0.1) is 0 Å². The Kier molecular flexibility index (Phi) is 6.01. The van der Waals surface area contributed by atoms with Gasteiger partial charge in [0, 0.05) is 16.1 Å². The molecule has 0 aliphatic rings. The van der Waals surface area contributed by atoms with E-state index in [0.717, 1.165) is 5.56 Å². The summed E-state index contributed by atoms with van der Waals surface area (Å²) < 4.78 is 9.81. The number of halogens is 1. The SMILES string of the molecule is CCOC(=O)c1ncc(-c2cccc(Cl)c2)nc1-c1ccc(C(=O)OC)cc1. The topological polar surface area (TPSA) is 78.4 Å². The Morgan fingerprint density at radius 2 is 1.79 bits per heavy atom. The lowest BCUT2D eigenvalue weighted by Crippen LogP contribution is -2.11. The highest BCUT2D eigenvalue weighted by Crippen LogP contribution is 2.27. The highest BCUT2D eigenvalue weighted by molar-refractivity contribution is 6.30. The molecule has 0 saturated carbocycles. The van der Waals surface area contributed by atoms with E-state index in [4.69, 9.17) is 21.1 Å². The van der Waals surface area contributed by atoms with Crippen molar-refractivity contribution in [2.45, 2.75) is 6.92 Å². The standard InChI is InChI=1S/C21H17ClN2O4/c1-3-28-21(26)19-18(13-7-9-14(10-8-13)20(25)27-2)24-17(12-23-19)15-5-4-6-16(22)11-15/h4-12H,3H2,1-2H3. The molecule has 0 atom stereocenters. The predicted octanol–water partition coefficient (Wildman–Crippen LogP) is 4.43. The van der Waals surface area contributed by atoms with Gasteiger partial charge in [0.2, 0.25) is 0 Å². The van der Waals surface area contributed by atoms with Gasteiger partial charge in [0.15, 0.2) is 5.69 Å². The quantitative estimate of drug-likeness (QED) is 0.594. The number of ether oxygens (including phenoxy) is 2. The van der Waals surface area contributed by atoms with Gasteiger partial charge < -0.3 is 9.47 Å². The van der Waals surface area contributed by atoms with Crippen molar-refractivity contribution in [3.8, 4) is 22.5 Å². The Balaban J connectivity index is 2.11. The molecule has 0 N–H and O–H groups in total. The molecule has 1 heterocycles. The van der Waals surface area contributed by atoms with Crippen molar-refractivity contribution in [2.24, 2.45) is 0 Å². The molecule has 3 rings (SSSR count). The van der Waals surface area contributed by atoms with Gasteiger partial charge in [0.05, 0.1) is 31.2 Å². The van der Waals surface area contributed by atoms with E-state index in [9.17, 15) is 9.59 Å². The zero-order chi connectivity index (χ0) is 20.1. The molecule has 0 amide bonds. The monoisotopic (exact) mass is 396 g/mol. The second-order valence-electron chi connectivity index (χ2n) is 5.75. The van der Waals surface area contributed by atoms with Crippen molar-refractivity contribution in [2.75, 3.05) is 13.7 Å². The second-order valence-corrected chi connectivity index (χ2v) is 6.19. The minimum atomic E-state index is -0.570. The van der Waals surface area contributed by atoms with Crippen LogP contribution in [-0.2, 0) is 9.47 Å². The summed E-state index contributed by atoms with van der Waals surface area (Å²) in [5.74, 6) is -1.02. The molecule has 1 aromatic heterocycles. The zero-order valence-electron chi connectivity index (χ0n) is 15.3. The molecule has 0 radical (unpaired) electrons. The summed E-state index contributed by atoms with van der Waals surface area (Å²) in [6, 6.07) is 13.8. The van der Waals surface area contributed by atoms with Crippen molar-refractivity contribution >= 4 is 23.5 Å². The molecule has 6 nitrogen and oxygen atoms in total. The zero-order valence-corrected chi connectivity index (χ0v) is 16.1. The molecule has 0 bridgehead atoms. The van der Waals surface area contributed by atoms with E-state index in [-0.39, 0.29) is 12.3 Å². The summed E-state index contributed by atoms with van der Waals surface area (Å²) in [4.78, 5) is 32.9. The minimum Gasteiger partial charge on any atom is -0.465 e. The normalized spacial score (nSPS) is 10.4. The van der Waals surface area contributed by atoms with Gasteiger partial charge in [-0.25, -0.2) is 19.6 Å². The number of carbonyl (C=O) groups is 2. The van der Waals surface area contributed by atoms with E-state index >= 15 is 0 Å². The van der Waals surface area contributed by atoms with Gasteiger partial charge >= 0.3 is 11.9 Å². The summed E-state index contributed by atoms with van der Waals surface area (Å²) >= 11 is 6.07. The van der Waals surface area contributed by atoms with Gasteiger partial charge in [-0.2, -0.15) is 0 Å². The third-order valence-electron chi connectivity index (χ3n) is 3.94. The van der Waals surface area contributed by atoms with Crippen LogP contribution in [0.25, 0.3) is 22.5 Å². The minimum absolute atomic E-state index is 0.0958. The Labute approximate surface area is 167 Å². The maximum absolute atomic E-state index is 12.3.